The molecule has 1 aliphatic heterocycles. The molecule has 1 fully saturated rings. The quantitative estimate of drug-likeness (QED) is 0.301. The summed E-state index contributed by atoms with van der Waals surface area (Å²) in [7, 11) is 0. The first-order valence-electron chi connectivity index (χ1n) is 6.57. The normalized spacial score (nSPS) is 22.8. The van der Waals surface area contributed by atoms with Gasteiger partial charge >= 0.3 is 5.97 Å². The molecule has 0 aliphatic carbocycles. The van der Waals surface area contributed by atoms with E-state index >= 15 is 0 Å². The zero-order chi connectivity index (χ0) is 15.4. The fourth-order valence-electron chi connectivity index (χ4n) is 1.92. The van der Waals surface area contributed by atoms with E-state index in [1.165, 1.54) is 0 Å². The Morgan fingerprint density at radius 2 is 2.00 bits per heavy atom. The standard InChI is InChI=1S/C13H22N2O5/c1-12(2,3)20-11(18)13(4-6-19-7-5-14)8-9(16)15-10(13)17/h4-8,14H2,1-3H3,(H,15,16,17). The summed E-state index contributed by atoms with van der Waals surface area (Å²) in [5.41, 5.74) is 3.08. The van der Waals surface area contributed by atoms with Gasteiger partial charge in [0.05, 0.1) is 13.0 Å². The van der Waals surface area contributed by atoms with Crippen LogP contribution in [0.15, 0.2) is 0 Å². The molecule has 0 bridgehead atoms. The number of rotatable bonds is 6. The molecule has 7 nitrogen and oxygen atoms in total. The molecule has 1 rings (SSSR count). The molecule has 1 heterocycles. The predicted molar refractivity (Wildman–Crippen MR) is 70.5 cm³/mol. The van der Waals surface area contributed by atoms with Crippen molar-refractivity contribution in [2.24, 2.45) is 11.1 Å². The van der Waals surface area contributed by atoms with Crippen LogP contribution >= 0.6 is 0 Å². The van der Waals surface area contributed by atoms with Crippen molar-refractivity contribution in [3.8, 4) is 0 Å². The van der Waals surface area contributed by atoms with Gasteiger partial charge in [0.15, 0.2) is 5.41 Å². The minimum Gasteiger partial charge on any atom is -0.459 e. The Labute approximate surface area is 118 Å². The third kappa shape index (κ3) is 4.01. The molecule has 0 aromatic rings. The van der Waals surface area contributed by atoms with E-state index in [0.29, 0.717) is 13.2 Å². The highest BCUT2D eigenvalue weighted by Gasteiger charge is 2.54. The van der Waals surface area contributed by atoms with Gasteiger partial charge in [0.25, 0.3) is 0 Å². The summed E-state index contributed by atoms with van der Waals surface area (Å²) in [5, 5.41) is 2.16. The summed E-state index contributed by atoms with van der Waals surface area (Å²) < 4.78 is 10.5. The van der Waals surface area contributed by atoms with Crippen LogP contribution in [-0.2, 0) is 23.9 Å². The average Bonchev–Trinajstić information content (AvgIpc) is 2.58. The highest BCUT2D eigenvalue weighted by atomic mass is 16.6. The molecule has 0 saturated carbocycles. The van der Waals surface area contributed by atoms with Gasteiger partial charge in [-0.05, 0) is 27.2 Å². The second-order valence-electron chi connectivity index (χ2n) is 5.79. The maximum Gasteiger partial charge on any atom is 0.322 e. The monoisotopic (exact) mass is 286 g/mol. The minimum atomic E-state index is -1.49. The third-order valence-electron chi connectivity index (χ3n) is 2.87. The molecule has 1 saturated heterocycles. The Bertz CT molecular complexity index is 402. The van der Waals surface area contributed by atoms with Crippen molar-refractivity contribution in [3.05, 3.63) is 0 Å². The van der Waals surface area contributed by atoms with Crippen LogP contribution in [0.2, 0.25) is 0 Å². The van der Waals surface area contributed by atoms with Crippen LogP contribution in [0.3, 0.4) is 0 Å². The molecule has 0 aromatic carbocycles. The highest BCUT2D eigenvalue weighted by Crippen LogP contribution is 2.34. The smallest absolute Gasteiger partial charge is 0.322 e. The molecule has 114 valence electrons. The largest absolute Gasteiger partial charge is 0.459 e. The van der Waals surface area contributed by atoms with E-state index in [1.807, 2.05) is 0 Å². The number of ether oxygens (including phenoxy) is 2. The van der Waals surface area contributed by atoms with E-state index < -0.39 is 28.8 Å². The molecule has 0 spiro atoms. The Kier molecular flexibility index (Phi) is 5.24. The molecule has 1 atom stereocenters. The topological polar surface area (TPSA) is 108 Å². The zero-order valence-corrected chi connectivity index (χ0v) is 12.2. The van der Waals surface area contributed by atoms with Crippen molar-refractivity contribution in [2.75, 3.05) is 19.8 Å². The van der Waals surface area contributed by atoms with Gasteiger partial charge in [0.1, 0.15) is 5.60 Å². The molecule has 3 N–H and O–H groups in total. The number of carbonyl (C=O) groups is 3. The van der Waals surface area contributed by atoms with Crippen LogP contribution in [0.4, 0.5) is 0 Å². The molecule has 1 unspecified atom stereocenters. The Morgan fingerprint density at radius 1 is 1.35 bits per heavy atom. The summed E-state index contributed by atoms with van der Waals surface area (Å²) in [6.45, 7) is 5.97. The summed E-state index contributed by atoms with van der Waals surface area (Å²) in [4.78, 5) is 35.7. The minimum absolute atomic E-state index is 0.0967. The van der Waals surface area contributed by atoms with Gasteiger partial charge in [-0.3, -0.25) is 19.7 Å². The molecule has 0 radical (unpaired) electrons. The summed E-state index contributed by atoms with van der Waals surface area (Å²) in [6, 6.07) is 0. The van der Waals surface area contributed by atoms with Crippen LogP contribution in [0.1, 0.15) is 33.6 Å². The maximum atomic E-state index is 12.3. The summed E-state index contributed by atoms with van der Waals surface area (Å²) in [6.07, 6.45) is -0.105. The van der Waals surface area contributed by atoms with Gasteiger partial charge in [0, 0.05) is 13.2 Å². The van der Waals surface area contributed by atoms with Gasteiger partial charge in [0.2, 0.25) is 11.8 Å². The van der Waals surface area contributed by atoms with Crippen molar-refractivity contribution in [3.63, 3.8) is 0 Å². The molecule has 20 heavy (non-hydrogen) atoms. The van der Waals surface area contributed by atoms with Crippen molar-refractivity contribution in [1.82, 2.24) is 5.32 Å². The van der Waals surface area contributed by atoms with Crippen LogP contribution in [0.25, 0.3) is 0 Å². The first kappa shape index (κ1) is 16.6. The SMILES string of the molecule is CC(C)(C)OC(=O)C1(CCOCCN)CC(=O)NC1=O. The first-order chi connectivity index (χ1) is 9.21. The van der Waals surface area contributed by atoms with Crippen molar-refractivity contribution >= 4 is 17.8 Å². The number of nitrogens with two attached hydrogens (primary N) is 1. The van der Waals surface area contributed by atoms with E-state index in [9.17, 15) is 14.4 Å². The first-order valence-corrected chi connectivity index (χ1v) is 6.57. The van der Waals surface area contributed by atoms with Gasteiger partial charge in [-0.25, -0.2) is 0 Å². The molecule has 7 heteroatoms. The second kappa shape index (κ2) is 6.32. The zero-order valence-electron chi connectivity index (χ0n) is 12.2. The third-order valence-corrected chi connectivity index (χ3v) is 2.87. The van der Waals surface area contributed by atoms with E-state index in [-0.39, 0.29) is 19.4 Å². The van der Waals surface area contributed by atoms with Crippen molar-refractivity contribution < 1.29 is 23.9 Å². The summed E-state index contributed by atoms with van der Waals surface area (Å²) >= 11 is 0. The molecular formula is C13H22N2O5. The lowest BCUT2D eigenvalue weighted by Gasteiger charge is -2.28. The lowest BCUT2D eigenvalue weighted by Crippen LogP contribution is -2.44. The fourth-order valence-corrected chi connectivity index (χ4v) is 1.92. The Morgan fingerprint density at radius 3 is 2.45 bits per heavy atom. The molecule has 1 aliphatic rings. The van der Waals surface area contributed by atoms with E-state index in [2.05, 4.69) is 5.32 Å². The van der Waals surface area contributed by atoms with E-state index in [1.54, 1.807) is 20.8 Å². The lowest BCUT2D eigenvalue weighted by molar-refractivity contribution is -0.171. The summed E-state index contributed by atoms with van der Waals surface area (Å²) in [5.74, 6) is -1.78. The van der Waals surface area contributed by atoms with Gasteiger partial charge in [-0.15, -0.1) is 0 Å². The van der Waals surface area contributed by atoms with Gasteiger partial charge < -0.3 is 15.2 Å². The Balaban J connectivity index is 2.82. The van der Waals surface area contributed by atoms with Gasteiger partial charge in [-0.2, -0.15) is 0 Å². The average molecular weight is 286 g/mol. The highest BCUT2D eigenvalue weighted by molar-refractivity contribution is 6.16. The number of esters is 1. The number of imide groups is 1. The molecule has 0 aromatic heterocycles. The number of hydrogen-bond acceptors (Lipinski definition) is 6. The lowest BCUT2D eigenvalue weighted by atomic mass is 9.82. The van der Waals surface area contributed by atoms with E-state index in [4.69, 9.17) is 15.2 Å². The second-order valence-corrected chi connectivity index (χ2v) is 5.79. The van der Waals surface area contributed by atoms with Crippen LogP contribution in [-0.4, -0.2) is 43.1 Å². The van der Waals surface area contributed by atoms with Gasteiger partial charge in [-0.1, -0.05) is 0 Å². The number of amides is 2. The van der Waals surface area contributed by atoms with Crippen LogP contribution in [0, 0.1) is 5.41 Å². The number of nitrogens with one attached hydrogen (secondary N) is 1. The van der Waals surface area contributed by atoms with Crippen LogP contribution < -0.4 is 11.1 Å². The van der Waals surface area contributed by atoms with Crippen molar-refractivity contribution in [1.29, 1.82) is 0 Å². The number of carbonyl (C=O) groups excluding carboxylic acids is 3. The molecular weight excluding hydrogens is 264 g/mol. The maximum absolute atomic E-state index is 12.3. The number of hydrogen-bond donors (Lipinski definition) is 2. The fraction of sp³-hybridized carbons (Fsp3) is 0.769. The van der Waals surface area contributed by atoms with E-state index in [0.717, 1.165) is 0 Å². The molecule has 2 amide bonds. The Hall–Kier alpha value is -1.47. The van der Waals surface area contributed by atoms with Crippen molar-refractivity contribution in [2.45, 2.75) is 39.2 Å². The van der Waals surface area contributed by atoms with Crippen LogP contribution in [0.5, 0.6) is 0 Å². The predicted octanol–water partition coefficient (Wildman–Crippen LogP) is -0.274.